The van der Waals surface area contributed by atoms with Gasteiger partial charge in [0.25, 0.3) is 0 Å². The number of hydrogen-bond acceptors (Lipinski definition) is 4. The molecule has 1 amide bonds. The van der Waals surface area contributed by atoms with E-state index >= 15 is 0 Å². The maximum Gasteiger partial charge on any atom is 0.234 e. The van der Waals surface area contributed by atoms with E-state index in [2.05, 4.69) is 48.1 Å². The molecule has 128 valence electrons. The Labute approximate surface area is 147 Å². The fourth-order valence-corrected chi connectivity index (χ4v) is 3.06. The predicted octanol–water partition coefficient (Wildman–Crippen LogP) is 4.02. The number of hydrogen-bond donors (Lipinski definition) is 1. The minimum absolute atomic E-state index is 0.0536. The smallest absolute Gasteiger partial charge is 0.234 e. The number of allylic oxidation sites excluding steroid dienone is 1. The number of nitrogens with one attached hydrogen (secondary N) is 1. The predicted molar refractivity (Wildman–Crippen MR) is 99.5 cm³/mol. The van der Waals surface area contributed by atoms with Gasteiger partial charge in [-0.15, -0.1) is 16.8 Å². The van der Waals surface area contributed by atoms with E-state index in [0.717, 1.165) is 23.1 Å². The number of amides is 1. The lowest BCUT2D eigenvalue weighted by atomic mass is 9.99. The van der Waals surface area contributed by atoms with Gasteiger partial charge in [-0.05, 0) is 37.0 Å². The van der Waals surface area contributed by atoms with Crippen LogP contribution in [0.15, 0.2) is 42.1 Å². The summed E-state index contributed by atoms with van der Waals surface area (Å²) >= 11 is 1.38. The zero-order valence-electron chi connectivity index (χ0n) is 14.5. The number of carbonyl (C=O) groups is 1. The number of rotatable bonds is 8. The Morgan fingerprint density at radius 3 is 2.71 bits per heavy atom. The molecule has 0 bridgehead atoms. The van der Waals surface area contributed by atoms with E-state index in [4.69, 9.17) is 0 Å². The highest BCUT2D eigenvalue weighted by Gasteiger charge is 2.11. The molecule has 0 saturated heterocycles. The van der Waals surface area contributed by atoms with Crippen molar-refractivity contribution in [1.82, 2.24) is 14.8 Å². The second-order valence-electron chi connectivity index (χ2n) is 5.70. The minimum Gasteiger partial charge on any atom is -0.325 e. The largest absolute Gasteiger partial charge is 0.325 e. The molecule has 1 heterocycles. The lowest BCUT2D eigenvalue weighted by molar-refractivity contribution is -0.113. The maximum absolute atomic E-state index is 12.1. The fourth-order valence-electron chi connectivity index (χ4n) is 2.27. The molecular formula is C18H24N4OS. The first-order chi connectivity index (χ1) is 11.5. The quantitative estimate of drug-likeness (QED) is 0.580. The van der Waals surface area contributed by atoms with E-state index in [9.17, 15) is 4.79 Å². The highest BCUT2D eigenvalue weighted by atomic mass is 32.2. The van der Waals surface area contributed by atoms with Crippen LogP contribution in [0.1, 0.15) is 37.6 Å². The molecule has 1 aromatic heterocycles. The number of aryl methyl sites for hydroxylation is 1. The van der Waals surface area contributed by atoms with Crippen molar-refractivity contribution in [2.24, 2.45) is 0 Å². The topological polar surface area (TPSA) is 59.8 Å². The van der Waals surface area contributed by atoms with Gasteiger partial charge in [0.15, 0.2) is 5.16 Å². The first kappa shape index (κ1) is 18.3. The van der Waals surface area contributed by atoms with E-state index in [0.29, 0.717) is 18.2 Å². The Balaban J connectivity index is 1.90. The molecule has 6 heteroatoms. The summed E-state index contributed by atoms with van der Waals surface area (Å²) in [6.07, 6.45) is 2.90. The average molecular weight is 344 g/mol. The maximum atomic E-state index is 12.1. The molecule has 0 spiro atoms. The van der Waals surface area contributed by atoms with Crippen molar-refractivity contribution in [3.63, 3.8) is 0 Å². The second kappa shape index (κ2) is 8.68. The minimum atomic E-state index is -0.0536. The lowest BCUT2D eigenvalue weighted by Crippen LogP contribution is -2.14. The summed E-state index contributed by atoms with van der Waals surface area (Å²) in [5.41, 5.74) is 2.11. The first-order valence-electron chi connectivity index (χ1n) is 8.08. The summed E-state index contributed by atoms with van der Waals surface area (Å²) < 4.78 is 1.94. The van der Waals surface area contributed by atoms with Gasteiger partial charge in [-0.2, -0.15) is 0 Å². The molecule has 0 saturated carbocycles. The van der Waals surface area contributed by atoms with Gasteiger partial charge in [-0.1, -0.05) is 43.8 Å². The second-order valence-corrected chi connectivity index (χ2v) is 6.64. The van der Waals surface area contributed by atoms with E-state index in [1.54, 1.807) is 6.08 Å². The summed E-state index contributed by atoms with van der Waals surface area (Å²) in [5, 5.41) is 11.8. The molecule has 24 heavy (non-hydrogen) atoms. The van der Waals surface area contributed by atoms with Crippen LogP contribution in [0.2, 0.25) is 0 Å². The standard InChI is InChI=1S/C18H24N4OS/c1-5-11-22-14(4)20-21-18(22)24-12-17(23)19-16-9-7-15(8-10-16)13(3)6-2/h5,7-10,13H,1,6,11-12H2,2-4H3,(H,19,23)/t13-/m1/s1. The van der Waals surface area contributed by atoms with Crippen LogP contribution in [0.4, 0.5) is 5.69 Å². The number of benzene rings is 1. The van der Waals surface area contributed by atoms with Crippen LogP contribution in [-0.4, -0.2) is 26.4 Å². The third-order valence-corrected chi connectivity index (χ3v) is 4.89. The molecule has 1 N–H and O–H groups in total. The van der Waals surface area contributed by atoms with E-state index in [1.165, 1.54) is 17.3 Å². The first-order valence-corrected chi connectivity index (χ1v) is 9.07. The van der Waals surface area contributed by atoms with Crippen LogP contribution in [0.3, 0.4) is 0 Å². The Morgan fingerprint density at radius 1 is 1.38 bits per heavy atom. The van der Waals surface area contributed by atoms with E-state index < -0.39 is 0 Å². The molecule has 0 fully saturated rings. The summed E-state index contributed by atoms with van der Waals surface area (Å²) in [7, 11) is 0. The number of anilines is 1. The van der Waals surface area contributed by atoms with Crippen LogP contribution < -0.4 is 5.32 Å². The molecule has 1 atom stereocenters. The Kier molecular flexibility index (Phi) is 6.61. The molecule has 1 aromatic carbocycles. The SMILES string of the molecule is C=CCn1c(C)nnc1SCC(=O)Nc1ccc([C@H](C)CC)cc1. The van der Waals surface area contributed by atoms with Gasteiger partial charge in [-0.25, -0.2) is 0 Å². The van der Waals surface area contributed by atoms with Crippen molar-refractivity contribution in [2.45, 2.75) is 44.8 Å². The number of carbonyl (C=O) groups excluding carboxylic acids is 1. The third-order valence-electron chi connectivity index (χ3n) is 3.92. The third kappa shape index (κ3) is 4.71. The van der Waals surface area contributed by atoms with Crippen LogP contribution in [-0.2, 0) is 11.3 Å². The molecule has 0 unspecified atom stereocenters. The zero-order valence-corrected chi connectivity index (χ0v) is 15.3. The van der Waals surface area contributed by atoms with Gasteiger partial charge in [0, 0.05) is 12.2 Å². The fraction of sp³-hybridized carbons (Fsp3) is 0.389. The number of thioether (sulfide) groups is 1. The Morgan fingerprint density at radius 2 is 2.08 bits per heavy atom. The van der Waals surface area contributed by atoms with Crippen LogP contribution in [0.25, 0.3) is 0 Å². The molecule has 0 aliphatic rings. The lowest BCUT2D eigenvalue weighted by Gasteiger charge is -2.10. The number of aromatic nitrogens is 3. The van der Waals surface area contributed by atoms with Crippen molar-refractivity contribution in [3.05, 3.63) is 48.3 Å². The van der Waals surface area contributed by atoms with Crippen LogP contribution >= 0.6 is 11.8 Å². The monoisotopic (exact) mass is 344 g/mol. The van der Waals surface area contributed by atoms with Gasteiger partial charge in [0.1, 0.15) is 5.82 Å². The molecule has 0 aliphatic carbocycles. The Hall–Kier alpha value is -2.08. The molecular weight excluding hydrogens is 320 g/mol. The van der Waals surface area contributed by atoms with Gasteiger partial charge in [0.05, 0.1) is 5.75 Å². The number of nitrogens with zero attached hydrogens (tertiary/aromatic N) is 3. The average Bonchev–Trinajstić information content (AvgIpc) is 2.93. The van der Waals surface area contributed by atoms with Gasteiger partial charge < -0.3 is 9.88 Å². The highest BCUT2D eigenvalue weighted by Crippen LogP contribution is 2.21. The Bertz CT molecular complexity index is 694. The molecule has 2 aromatic rings. The van der Waals surface area contributed by atoms with Crippen molar-refractivity contribution in [2.75, 3.05) is 11.1 Å². The highest BCUT2D eigenvalue weighted by molar-refractivity contribution is 7.99. The molecule has 2 rings (SSSR count). The van der Waals surface area contributed by atoms with Crippen molar-refractivity contribution < 1.29 is 4.79 Å². The summed E-state index contributed by atoms with van der Waals surface area (Å²) in [4.78, 5) is 12.1. The van der Waals surface area contributed by atoms with Crippen molar-refractivity contribution in [3.8, 4) is 0 Å². The van der Waals surface area contributed by atoms with Crippen molar-refractivity contribution in [1.29, 1.82) is 0 Å². The van der Waals surface area contributed by atoms with Crippen LogP contribution in [0, 0.1) is 6.92 Å². The van der Waals surface area contributed by atoms with Gasteiger partial charge >= 0.3 is 0 Å². The van der Waals surface area contributed by atoms with Gasteiger partial charge in [-0.3, -0.25) is 4.79 Å². The normalized spacial score (nSPS) is 12.0. The summed E-state index contributed by atoms with van der Waals surface area (Å²) in [5.74, 6) is 1.59. The summed E-state index contributed by atoms with van der Waals surface area (Å²) in [6, 6.07) is 8.05. The van der Waals surface area contributed by atoms with E-state index in [-0.39, 0.29) is 5.91 Å². The summed E-state index contributed by atoms with van der Waals surface area (Å²) in [6.45, 7) is 10.6. The van der Waals surface area contributed by atoms with E-state index in [1.807, 2.05) is 23.6 Å². The molecule has 5 nitrogen and oxygen atoms in total. The zero-order chi connectivity index (χ0) is 17.5. The molecule has 0 aliphatic heterocycles. The van der Waals surface area contributed by atoms with Crippen LogP contribution in [0.5, 0.6) is 0 Å². The molecule has 0 radical (unpaired) electrons. The van der Waals surface area contributed by atoms with Gasteiger partial charge in [0.2, 0.25) is 5.91 Å². The van der Waals surface area contributed by atoms with Crippen molar-refractivity contribution >= 4 is 23.4 Å².